The molecule has 6 rings (SSSR count). The number of aliphatic hydroxyl groups excluding tert-OH is 1. The van der Waals surface area contributed by atoms with Gasteiger partial charge < -0.3 is 33.2 Å². The number of hydrogen-bond donors (Lipinski definition) is 2. The molecule has 0 radical (unpaired) electrons. The van der Waals surface area contributed by atoms with E-state index in [9.17, 15) is 38.2 Å². The average Bonchev–Trinajstić information content (AvgIpc) is 3.27. The normalized spacial score (nSPS) is 13.2. The minimum absolute atomic E-state index is 0.0197. The molecular weight excluding hydrogens is 989 g/mol. The molecule has 0 saturated heterocycles. The topological polar surface area (TPSA) is 146 Å². The first-order valence-corrected chi connectivity index (χ1v) is 27.2. The van der Waals surface area contributed by atoms with Crippen molar-refractivity contribution in [1.82, 2.24) is 9.13 Å². The van der Waals surface area contributed by atoms with E-state index >= 15 is 4.39 Å². The van der Waals surface area contributed by atoms with Crippen molar-refractivity contribution in [2.45, 2.75) is 112 Å². The Bertz CT molecular complexity index is 3130. The highest BCUT2D eigenvalue weighted by molar-refractivity contribution is 6.74. The van der Waals surface area contributed by atoms with E-state index in [-0.39, 0.29) is 74.6 Å². The van der Waals surface area contributed by atoms with Crippen LogP contribution in [0, 0.1) is 28.3 Å². The number of nitrogens with zero attached hydrogens (tertiary/aromatic N) is 2. The Morgan fingerprint density at radius 1 is 0.708 bits per heavy atom. The Labute approximate surface area is 429 Å². The summed E-state index contributed by atoms with van der Waals surface area (Å²) < 4.78 is 65.4. The number of halogens is 5. The zero-order chi connectivity index (χ0) is 54.0. The molecule has 2 N–H and O–H groups in total. The highest BCUT2D eigenvalue weighted by Gasteiger charge is 2.40. The van der Waals surface area contributed by atoms with Crippen LogP contribution in [0.1, 0.15) is 124 Å². The molecule has 0 bridgehead atoms. The van der Waals surface area contributed by atoms with Gasteiger partial charge in [0.2, 0.25) is 10.9 Å². The summed E-state index contributed by atoms with van der Waals surface area (Å²) in [5.74, 6) is -3.53. The Morgan fingerprint density at radius 2 is 1.18 bits per heavy atom. The summed E-state index contributed by atoms with van der Waals surface area (Å²) in [5.41, 5.74) is -0.765. The predicted octanol–water partition coefficient (Wildman–Crippen LogP) is 13.0. The van der Waals surface area contributed by atoms with Crippen LogP contribution in [0.4, 0.5) is 13.2 Å². The van der Waals surface area contributed by atoms with Crippen LogP contribution in [-0.2, 0) is 22.0 Å². The Kier molecular flexibility index (Phi) is 17.8. The number of aliphatic hydroxyl groups is 1. The fraction of sp³-hybridized carbons (Fsp3) is 0.418. The van der Waals surface area contributed by atoms with Crippen LogP contribution < -0.4 is 15.6 Å². The lowest BCUT2D eigenvalue weighted by Gasteiger charge is -2.40. The number of pyridine rings is 2. The highest BCUT2D eigenvalue weighted by Crippen LogP contribution is 2.41. The Hall–Kier alpha value is -5.45. The number of carboxylic acid groups (broad SMARTS) is 1. The maximum absolute atomic E-state index is 15.6. The molecule has 0 spiro atoms. The van der Waals surface area contributed by atoms with E-state index in [4.69, 9.17) is 37.1 Å². The lowest BCUT2D eigenvalue weighted by atomic mass is 9.86. The maximum atomic E-state index is 15.6. The van der Waals surface area contributed by atoms with Gasteiger partial charge in [-0.25, -0.2) is 22.8 Å². The van der Waals surface area contributed by atoms with Gasteiger partial charge >= 0.3 is 11.9 Å². The van der Waals surface area contributed by atoms with Crippen LogP contribution in [-0.4, -0.2) is 66.5 Å². The van der Waals surface area contributed by atoms with Crippen LogP contribution in [0.25, 0.3) is 21.8 Å². The molecule has 11 nitrogen and oxygen atoms in total. The molecule has 17 heteroatoms. The zero-order valence-electron chi connectivity index (χ0n) is 43.2. The number of aromatic carboxylic acids is 1. The molecule has 4 aromatic carbocycles. The third-order valence-electron chi connectivity index (χ3n) is 13.4. The monoisotopic (exact) mass is 1050 g/mol. The molecule has 72 heavy (non-hydrogen) atoms. The third-order valence-corrected chi connectivity index (χ3v) is 18.5. The second-order valence-corrected chi connectivity index (χ2v) is 27.1. The number of carbonyl (C=O) groups excluding carboxylic acids is 1. The van der Waals surface area contributed by atoms with Gasteiger partial charge in [-0.15, -0.1) is 0 Å². The fourth-order valence-corrected chi connectivity index (χ4v) is 9.53. The number of carbonyl (C=O) groups is 2. The van der Waals surface area contributed by atoms with E-state index in [1.807, 2.05) is 41.5 Å². The fourth-order valence-electron chi connectivity index (χ4n) is 8.13. The zero-order valence-corrected chi connectivity index (χ0v) is 45.7. The van der Waals surface area contributed by atoms with Crippen molar-refractivity contribution in [2.75, 3.05) is 26.9 Å². The summed E-state index contributed by atoms with van der Waals surface area (Å²) in [6, 6.07) is 14.1. The quantitative estimate of drug-likeness (QED) is 0.0804. The second kappa shape index (κ2) is 22.3. The summed E-state index contributed by atoms with van der Waals surface area (Å²) in [5, 5.41) is 19.9. The number of hydrogen-bond acceptors (Lipinski definition) is 8. The smallest absolute Gasteiger partial charge is 0.343 e. The predicted molar refractivity (Wildman–Crippen MR) is 281 cm³/mol. The molecule has 6 aromatic rings. The van der Waals surface area contributed by atoms with Gasteiger partial charge in [0, 0.05) is 42.1 Å². The molecule has 2 unspecified atom stereocenters. The molecule has 2 aromatic heterocycles. The first-order valence-electron chi connectivity index (χ1n) is 23.5. The summed E-state index contributed by atoms with van der Waals surface area (Å²) in [7, 11) is -0.707. The van der Waals surface area contributed by atoms with E-state index in [1.165, 1.54) is 55.9 Å². The highest BCUT2D eigenvalue weighted by atomic mass is 35.5. The van der Waals surface area contributed by atoms with Crippen molar-refractivity contribution in [1.29, 1.82) is 0 Å². The van der Waals surface area contributed by atoms with Gasteiger partial charge in [0.15, 0.2) is 8.32 Å². The second-order valence-electron chi connectivity index (χ2n) is 21.5. The number of aromatic nitrogens is 2. The molecule has 0 fully saturated rings. The SMILES string of the molecule is CCOC(=O)c1cn(C(CO[Si](C)(C)C(C)(C)C)C(C)(C)C)c2cc(F)c(Cc3cccc(Cl)c3F)cc2c1=O.COc1cc2c(cc1Cc1cccc(Cl)c1F)c(=O)c(C(=O)O)cn2C(CO)C(C)(C)C. The average molecular weight is 1050 g/mol. The Balaban J connectivity index is 0.000000274. The first-order chi connectivity index (χ1) is 33.4. The van der Waals surface area contributed by atoms with E-state index in [1.54, 1.807) is 40.3 Å². The van der Waals surface area contributed by atoms with Crippen molar-refractivity contribution in [3.05, 3.63) is 154 Å². The van der Waals surface area contributed by atoms with Crippen LogP contribution in [0.15, 0.2) is 82.6 Å². The number of esters is 1. The molecule has 0 aliphatic rings. The largest absolute Gasteiger partial charge is 0.496 e. The van der Waals surface area contributed by atoms with E-state index in [0.29, 0.717) is 34.5 Å². The lowest BCUT2D eigenvalue weighted by molar-refractivity contribution is 0.0522. The van der Waals surface area contributed by atoms with Gasteiger partial charge in [-0.2, -0.15) is 0 Å². The van der Waals surface area contributed by atoms with Gasteiger partial charge in [-0.3, -0.25) is 9.59 Å². The summed E-state index contributed by atoms with van der Waals surface area (Å²) >= 11 is 11.8. The molecule has 388 valence electrons. The van der Waals surface area contributed by atoms with Gasteiger partial charge in [0.05, 0.1) is 60.1 Å². The van der Waals surface area contributed by atoms with Crippen LogP contribution in [0.3, 0.4) is 0 Å². The number of benzene rings is 4. The van der Waals surface area contributed by atoms with E-state index < -0.39 is 71.0 Å². The number of rotatable bonds is 14. The van der Waals surface area contributed by atoms with Gasteiger partial charge in [-0.05, 0) is 88.5 Å². The molecule has 0 aliphatic heterocycles. The third kappa shape index (κ3) is 12.5. The molecule has 0 aliphatic carbocycles. The standard InChI is InChI=1S/C31H40ClF2NO4Si.C24H25ClFNO5/c1-10-38-29(37)22-17-35(26(30(2,3)4)18-39-40(8,9)31(5,6)7)25-16-24(33)20(15-21(25)28(22)36)14-19-12-11-13-23(32)27(19)34;1-24(2,3)20(12-28)27-11-16(23(30)31)22(29)15-9-14(19(32-4)10-18(15)27)8-13-6-5-7-17(25)21(13)26/h11-13,15-17,26H,10,14,18H2,1-9H3;5-7,9-11,20,28H,8,12H2,1-4H3,(H,30,31). The summed E-state index contributed by atoms with van der Waals surface area (Å²) in [6.45, 7) is 24.4. The molecule has 0 amide bonds. The number of fused-ring (bicyclic) bond motifs is 2. The molecular formula is C55H65Cl2F3N2O9Si. The molecule has 2 heterocycles. The van der Waals surface area contributed by atoms with Crippen molar-refractivity contribution < 1.29 is 46.9 Å². The van der Waals surface area contributed by atoms with Crippen molar-refractivity contribution in [3.63, 3.8) is 0 Å². The first kappa shape index (κ1) is 57.4. The minimum atomic E-state index is -2.17. The molecule has 0 saturated carbocycles. The number of ether oxygens (including phenoxy) is 2. The van der Waals surface area contributed by atoms with Crippen LogP contribution in [0.5, 0.6) is 5.75 Å². The van der Waals surface area contributed by atoms with E-state index in [2.05, 4.69) is 33.9 Å². The summed E-state index contributed by atoms with van der Waals surface area (Å²) in [6.07, 6.45) is 2.69. The van der Waals surface area contributed by atoms with Crippen molar-refractivity contribution in [3.8, 4) is 5.75 Å². The van der Waals surface area contributed by atoms with Crippen molar-refractivity contribution in [2.24, 2.45) is 10.8 Å². The minimum Gasteiger partial charge on any atom is -0.496 e. The van der Waals surface area contributed by atoms with Gasteiger partial charge in [-0.1, -0.05) is 110 Å². The van der Waals surface area contributed by atoms with Crippen LogP contribution in [0.2, 0.25) is 28.2 Å². The van der Waals surface area contributed by atoms with Gasteiger partial charge in [0.25, 0.3) is 0 Å². The lowest BCUT2D eigenvalue weighted by Crippen LogP contribution is -2.43. The maximum Gasteiger partial charge on any atom is 0.343 e. The van der Waals surface area contributed by atoms with Gasteiger partial charge in [0.1, 0.15) is 34.3 Å². The number of carboxylic acids is 1. The Morgan fingerprint density at radius 3 is 1.65 bits per heavy atom. The van der Waals surface area contributed by atoms with E-state index in [0.717, 1.165) is 0 Å². The van der Waals surface area contributed by atoms with Crippen molar-refractivity contribution >= 4 is 65.3 Å². The molecule has 2 atom stereocenters. The van der Waals surface area contributed by atoms with Crippen LogP contribution >= 0.6 is 23.2 Å². The number of methoxy groups -OCH3 is 1. The summed E-state index contributed by atoms with van der Waals surface area (Å²) in [4.78, 5) is 51.3.